The third-order valence-corrected chi connectivity index (χ3v) is 6.67. The van der Waals surface area contributed by atoms with Gasteiger partial charge in [-0.1, -0.05) is 30.3 Å². The third-order valence-electron chi connectivity index (χ3n) is 5.58. The summed E-state index contributed by atoms with van der Waals surface area (Å²) in [6, 6.07) is 13.0. The molecule has 7 nitrogen and oxygen atoms in total. The first-order valence-electron chi connectivity index (χ1n) is 13.5. The molecule has 0 aliphatic carbocycles. The number of halogens is 4. The number of amides is 2. The number of carbonyl (C=O) groups excluding carboxylic acids is 2. The molecule has 0 bridgehead atoms. The van der Waals surface area contributed by atoms with Crippen LogP contribution < -0.4 is 15.4 Å². The number of ether oxygens (including phenoxy) is 2. The summed E-state index contributed by atoms with van der Waals surface area (Å²) in [5.41, 5.74) is 1.06. The van der Waals surface area contributed by atoms with Crippen LogP contribution in [0.2, 0.25) is 0 Å². The average molecular weight is 620 g/mol. The Bertz CT molecular complexity index is 1410. The van der Waals surface area contributed by atoms with Crippen LogP contribution in [0.4, 0.5) is 22.4 Å². The van der Waals surface area contributed by atoms with Gasteiger partial charge in [0, 0.05) is 37.4 Å². The maximum atomic E-state index is 14.1. The van der Waals surface area contributed by atoms with Crippen LogP contribution in [-0.2, 0) is 21.7 Å². The molecule has 2 amide bonds. The van der Waals surface area contributed by atoms with Crippen LogP contribution in [0.25, 0.3) is 6.08 Å². The molecule has 230 valence electrons. The minimum Gasteiger partial charge on any atom is -0.491 e. The molecule has 2 aromatic carbocycles. The molecule has 0 unspecified atom stereocenters. The standard InChI is InChI=1S/C31H33F4N3O4S/c1-31(2,3)42-30(40)37-16-7-15-36-26(39)13-11-24-25(41-17-14-20-8-5-4-6-9-20)12-10-21(38-24)19-43-29-27(34)22(32)18-23(33)28(29)35/h4-6,8-13,18H,7,14-17,19H2,1-3H3,(H,36,39)(H,37,40). The molecule has 0 aliphatic heterocycles. The topological polar surface area (TPSA) is 89.6 Å². The highest BCUT2D eigenvalue weighted by Gasteiger charge is 2.20. The number of benzene rings is 2. The fourth-order valence-electron chi connectivity index (χ4n) is 3.59. The van der Waals surface area contributed by atoms with Crippen LogP contribution in [-0.4, -0.2) is 42.3 Å². The summed E-state index contributed by atoms with van der Waals surface area (Å²) in [7, 11) is 0. The van der Waals surface area contributed by atoms with Crippen molar-refractivity contribution in [3.63, 3.8) is 0 Å². The number of hydrogen-bond acceptors (Lipinski definition) is 6. The van der Waals surface area contributed by atoms with E-state index >= 15 is 0 Å². The minimum atomic E-state index is -1.49. The molecule has 1 heterocycles. The number of nitrogens with one attached hydrogen (secondary N) is 2. The van der Waals surface area contributed by atoms with E-state index in [1.807, 2.05) is 30.3 Å². The zero-order chi connectivity index (χ0) is 31.4. The van der Waals surface area contributed by atoms with Gasteiger partial charge in [0.15, 0.2) is 23.3 Å². The Kier molecular flexibility index (Phi) is 12.4. The summed E-state index contributed by atoms with van der Waals surface area (Å²) in [5, 5.41) is 5.30. The molecule has 0 fully saturated rings. The van der Waals surface area contributed by atoms with Crippen molar-refractivity contribution in [2.45, 2.75) is 49.9 Å². The van der Waals surface area contributed by atoms with Crippen LogP contribution in [0, 0.1) is 23.3 Å². The molecule has 2 N–H and O–H groups in total. The number of hydrogen-bond donors (Lipinski definition) is 2. The number of rotatable bonds is 13. The van der Waals surface area contributed by atoms with Gasteiger partial charge < -0.3 is 20.1 Å². The Hall–Kier alpha value is -4.06. The maximum Gasteiger partial charge on any atom is 0.407 e. The van der Waals surface area contributed by atoms with Gasteiger partial charge in [-0.05, 0) is 51.0 Å². The quantitative estimate of drug-likeness (QED) is 0.0738. The van der Waals surface area contributed by atoms with Gasteiger partial charge >= 0.3 is 6.09 Å². The van der Waals surface area contributed by atoms with E-state index in [0.29, 0.717) is 49.2 Å². The lowest BCUT2D eigenvalue weighted by atomic mass is 10.2. The van der Waals surface area contributed by atoms with Crippen LogP contribution in [0.1, 0.15) is 44.1 Å². The smallest absolute Gasteiger partial charge is 0.407 e. The molecular formula is C31H33F4N3O4S. The fraction of sp³-hybridized carbons (Fsp3) is 0.323. The molecule has 43 heavy (non-hydrogen) atoms. The SMILES string of the molecule is CC(C)(C)OC(=O)NCCCNC(=O)C=Cc1nc(CSc2c(F)c(F)cc(F)c2F)ccc1OCCc1ccccc1. The Morgan fingerprint density at radius 3 is 2.30 bits per heavy atom. The van der Waals surface area contributed by atoms with E-state index < -0.39 is 45.8 Å². The van der Waals surface area contributed by atoms with E-state index in [-0.39, 0.29) is 24.1 Å². The van der Waals surface area contributed by atoms with Crippen molar-refractivity contribution in [2.24, 2.45) is 0 Å². The normalized spacial score (nSPS) is 11.4. The molecule has 0 saturated carbocycles. The largest absolute Gasteiger partial charge is 0.491 e. The molecule has 3 aromatic rings. The lowest BCUT2D eigenvalue weighted by molar-refractivity contribution is -0.116. The van der Waals surface area contributed by atoms with Crippen molar-refractivity contribution in [1.29, 1.82) is 0 Å². The van der Waals surface area contributed by atoms with Crippen molar-refractivity contribution in [3.05, 3.63) is 94.8 Å². The highest BCUT2D eigenvalue weighted by Crippen LogP contribution is 2.31. The number of carbonyl (C=O) groups is 2. The van der Waals surface area contributed by atoms with Crippen molar-refractivity contribution in [2.75, 3.05) is 19.7 Å². The summed E-state index contributed by atoms with van der Waals surface area (Å²) in [6.45, 7) is 6.17. The van der Waals surface area contributed by atoms with E-state index in [0.717, 1.165) is 5.56 Å². The Morgan fingerprint density at radius 2 is 1.63 bits per heavy atom. The van der Waals surface area contributed by atoms with Crippen LogP contribution in [0.3, 0.4) is 0 Å². The second-order valence-corrected chi connectivity index (χ2v) is 11.2. The molecule has 0 saturated heterocycles. The van der Waals surface area contributed by atoms with Crippen LogP contribution in [0.5, 0.6) is 5.75 Å². The first kappa shape index (κ1) is 33.4. The van der Waals surface area contributed by atoms with E-state index in [4.69, 9.17) is 9.47 Å². The molecule has 1 aromatic heterocycles. The van der Waals surface area contributed by atoms with E-state index in [1.54, 1.807) is 32.9 Å². The second kappa shape index (κ2) is 16.0. The lowest BCUT2D eigenvalue weighted by Crippen LogP contribution is -2.34. The van der Waals surface area contributed by atoms with E-state index in [9.17, 15) is 27.2 Å². The van der Waals surface area contributed by atoms with Crippen molar-refractivity contribution >= 4 is 29.8 Å². The monoisotopic (exact) mass is 619 g/mol. The molecule has 0 atom stereocenters. The van der Waals surface area contributed by atoms with Gasteiger partial charge in [0.1, 0.15) is 17.0 Å². The predicted octanol–water partition coefficient (Wildman–Crippen LogP) is 6.60. The number of pyridine rings is 1. The molecule has 12 heteroatoms. The van der Waals surface area contributed by atoms with Crippen molar-refractivity contribution < 1.29 is 36.6 Å². The van der Waals surface area contributed by atoms with Gasteiger partial charge in [0.25, 0.3) is 0 Å². The first-order chi connectivity index (χ1) is 20.4. The highest BCUT2D eigenvalue weighted by atomic mass is 32.2. The summed E-state index contributed by atoms with van der Waals surface area (Å²) in [6.07, 6.45) is 3.22. The third kappa shape index (κ3) is 11.3. The van der Waals surface area contributed by atoms with Crippen molar-refractivity contribution in [3.8, 4) is 5.75 Å². The Morgan fingerprint density at radius 1 is 0.953 bits per heavy atom. The summed E-state index contributed by atoms with van der Waals surface area (Å²) < 4.78 is 66.5. The zero-order valence-corrected chi connectivity index (χ0v) is 24.8. The number of aromatic nitrogens is 1. The predicted molar refractivity (Wildman–Crippen MR) is 157 cm³/mol. The van der Waals surface area contributed by atoms with E-state index in [1.165, 1.54) is 12.2 Å². The number of nitrogens with zero attached hydrogens (tertiary/aromatic N) is 1. The summed E-state index contributed by atoms with van der Waals surface area (Å²) >= 11 is 0.554. The van der Waals surface area contributed by atoms with Crippen molar-refractivity contribution in [1.82, 2.24) is 15.6 Å². The zero-order valence-electron chi connectivity index (χ0n) is 24.0. The van der Waals surface area contributed by atoms with Gasteiger partial charge in [-0.2, -0.15) is 0 Å². The summed E-state index contributed by atoms with van der Waals surface area (Å²) in [5.74, 6) is -6.12. The number of thioether (sulfide) groups is 1. The molecule has 0 aliphatic rings. The van der Waals surface area contributed by atoms with Gasteiger partial charge in [-0.15, -0.1) is 11.8 Å². The highest BCUT2D eigenvalue weighted by molar-refractivity contribution is 7.98. The van der Waals surface area contributed by atoms with Crippen LogP contribution >= 0.6 is 11.8 Å². The Balaban J connectivity index is 1.64. The van der Waals surface area contributed by atoms with Crippen LogP contribution in [0.15, 0.2) is 59.5 Å². The Labute approximate surface area is 252 Å². The van der Waals surface area contributed by atoms with Gasteiger partial charge in [0.05, 0.1) is 17.2 Å². The van der Waals surface area contributed by atoms with E-state index in [2.05, 4.69) is 15.6 Å². The molecular weight excluding hydrogens is 586 g/mol. The molecule has 0 spiro atoms. The number of alkyl carbamates (subject to hydrolysis) is 1. The van der Waals surface area contributed by atoms with Gasteiger partial charge in [0.2, 0.25) is 5.91 Å². The maximum absolute atomic E-state index is 14.1. The molecule has 0 radical (unpaired) electrons. The average Bonchev–Trinajstić information content (AvgIpc) is 2.95. The molecule has 3 rings (SSSR count). The lowest BCUT2D eigenvalue weighted by Gasteiger charge is -2.19. The summed E-state index contributed by atoms with van der Waals surface area (Å²) in [4.78, 5) is 27.8. The van der Waals surface area contributed by atoms with Gasteiger partial charge in [-0.25, -0.2) is 27.3 Å². The van der Waals surface area contributed by atoms with Gasteiger partial charge in [-0.3, -0.25) is 4.79 Å². The minimum absolute atomic E-state index is 0.112. The first-order valence-corrected chi connectivity index (χ1v) is 14.5. The fourth-order valence-corrected chi connectivity index (χ4v) is 4.49. The second-order valence-electron chi connectivity index (χ2n) is 10.3.